The monoisotopic (exact) mass is 1150 g/mol. The molecule has 0 saturated carbocycles. The first kappa shape index (κ1) is 76.2. The molecule has 474 valence electrons. The molecule has 0 aromatic carbocycles. The molecule has 3 N–H and O–H groups in total. The van der Waals surface area contributed by atoms with Gasteiger partial charge in [0.1, 0.15) is 18.8 Å². The molecule has 1 aliphatic rings. The van der Waals surface area contributed by atoms with Gasteiger partial charge in [-0.2, -0.15) is 0 Å². The van der Waals surface area contributed by atoms with Crippen molar-refractivity contribution in [3.05, 3.63) is 24.3 Å². The van der Waals surface area contributed by atoms with E-state index in [4.69, 9.17) is 23.7 Å². The summed E-state index contributed by atoms with van der Waals surface area (Å²) in [6, 6.07) is 0. The van der Waals surface area contributed by atoms with Crippen LogP contribution < -0.4 is 0 Å². The molecule has 6 atom stereocenters. The fourth-order valence-electron chi connectivity index (χ4n) is 10.8. The van der Waals surface area contributed by atoms with Crippen LogP contribution >= 0.6 is 0 Å². The van der Waals surface area contributed by atoms with Crippen LogP contribution in [0.25, 0.3) is 0 Å². The van der Waals surface area contributed by atoms with E-state index in [1.54, 1.807) is 0 Å². The minimum Gasteiger partial charge on any atom is -0.479 e. The fourth-order valence-corrected chi connectivity index (χ4v) is 10.8. The molecule has 0 amide bonds. The lowest BCUT2D eigenvalue weighted by Crippen LogP contribution is -2.61. The summed E-state index contributed by atoms with van der Waals surface area (Å²) in [5, 5.41) is 31.6. The molecule has 1 saturated heterocycles. The maximum Gasteiger partial charge on any atom is 0.335 e. The van der Waals surface area contributed by atoms with Crippen LogP contribution in [0.5, 0.6) is 0 Å². The summed E-state index contributed by atoms with van der Waals surface area (Å²) in [5.74, 6) is -3.09. The number of hydrogen-bond acceptors (Lipinski definition) is 11. The van der Waals surface area contributed by atoms with Crippen LogP contribution in [0.1, 0.15) is 342 Å². The van der Waals surface area contributed by atoms with E-state index in [0.29, 0.717) is 19.3 Å². The van der Waals surface area contributed by atoms with Crippen molar-refractivity contribution in [1.82, 2.24) is 0 Å². The van der Waals surface area contributed by atoms with Crippen LogP contribution in [0.3, 0.4) is 0 Å². The largest absolute Gasteiger partial charge is 0.479 e. The zero-order valence-electron chi connectivity index (χ0n) is 52.6. The lowest BCUT2D eigenvalue weighted by molar-refractivity contribution is -0.301. The molecule has 0 aromatic heterocycles. The minimum atomic E-state index is -1.90. The van der Waals surface area contributed by atoms with Crippen molar-refractivity contribution in [3.8, 4) is 0 Å². The Kier molecular flexibility index (Phi) is 54.2. The van der Waals surface area contributed by atoms with Crippen molar-refractivity contribution in [1.29, 1.82) is 0 Å². The molecule has 1 aliphatic heterocycles. The lowest BCUT2D eigenvalue weighted by atomic mass is 9.98. The zero-order valence-corrected chi connectivity index (χ0v) is 52.6. The van der Waals surface area contributed by atoms with Crippen molar-refractivity contribution in [3.63, 3.8) is 0 Å². The van der Waals surface area contributed by atoms with E-state index < -0.39 is 67.3 Å². The van der Waals surface area contributed by atoms with Crippen LogP contribution in [-0.2, 0) is 42.9 Å². The number of allylic oxidation sites excluding steroid dienone is 4. The van der Waals surface area contributed by atoms with Gasteiger partial charge in [0.2, 0.25) is 0 Å². The van der Waals surface area contributed by atoms with Gasteiger partial charge < -0.3 is 39.0 Å². The van der Waals surface area contributed by atoms with E-state index in [1.165, 1.54) is 193 Å². The van der Waals surface area contributed by atoms with Gasteiger partial charge in [0, 0.05) is 19.3 Å². The number of esters is 3. The van der Waals surface area contributed by atoms with Crippen molar-refractivity contribution < 1.29 is 58.2 Å². The molecule has 0 radical (unpaired) electrons. The van der Waals surface area contributed by atoms with Gasteiger partial charge in [-0.1, -0.05) is 302 Å². The highest BCUT2D eigenvalue weighted by Crippen LogP contribution is 2.27. The SMILES string of the molecule is CCC/C=C\C/C=C\CCCCCCCC(=O)OC1C(OCC(COC(=O)CCCCCCCCCCCCCCCCCCCCC)OC(=O)CCCCCCCCCCCCCCCCCCCCC)OC(C(=O)O)C(O)C1O. The predicted molar refractivity (Wildman–Crippen MR) is 331 cm³/mol. The third-order valence-electron chi connectivity index (χ3n) is 16.0. The predicted octanol–water partition coefficient (Wildman–Crippen LogP) is 18.6. The van der Waals surface area contributed by atoms with Crippen LogP contribution in [0, 0.1) is 0 Å². The number of hydrogen-bond donors (Lipinski definition) is 3. The summed E-state index contributed by atoms with van der Waals surface area (Å²) in [5.41, 5.74) is 0. The number of aliphatic hydroxyl groups excluding tert-OH is 2. The second kappa shape index (κ2) is 57.6. The van der Waals surface area contributed by atoms with Gasteiger partial charge in [0.05, 0.1) is 6.61 Å². The molecule has 12 nitrogen and oxygen atoms in total. The van der Waals surface area contributed by atoms with Crippen LogP contribution in [0.15, 0.2) is 24.3 Å². The standard InChI is InChI=1S/C69H126O12/c1-4-7-10-13-16-19-22-25-27-29-31-33-35-38-40-43-46-49-52-55-61(70)77-58-60(79-62(71)56-53-50-47-44-42-39-36-34-32-30-28-26-23-20-17-14-11-8-5-2)59-78-69-67(65(74)64(73)66(81-69)68(75)76)80-63(72)57-54-51-48-45-41-37-24-21-18-15-12-9-6-3/h12,15,21,24,60,64-67,69,73-74H,4-11,13-14,16-20,22-23,25-59H2,1-3H3,(H,75,76)/b15-12-,24-21-. The molecule has 12 heteroatoms. The van der Waals surface area contributed by atoms with Crippen molar-refractivity contribution in [2.75, 3.05) is 13.2 Å². The highest BCUT2D eigenvalue weighted by Gasteiger charge is 2.50. The number of carbonyl (C=O) groups excluding carboxylic acids is 3. The number of rotatable bonds is 60. The van der Waals surface area contributed by atoms with Crippen molar-refractivity contribution >= 4 is 23.9 Å². The first-order valence-corrected chi connectivity index (χ1v) is 34.3. The Morgan fingerprint density at radius 1 is 0.407 bits per heavy atom. The van der Waals surface area contributed by atoms with Gasteiger partial charge in [-0.05, 0) is 44.9 Å². The van der Waals surface area contributed by atoms with Gasteiger partial charge in [-0.15, -0.1) is 0 Å². The average Bonchev–Trinajstić information content (AvgIpc) is 3.54. The Bertz CT molecular complexity index is 1500. The number of carbonyl (C=O) groups is 4. The normalized spacial score (nSPS) is 17.8. The average molecular weight is 1150 g/mol. The smallest absolute Gasteiger partial charge is 0.335 e. The molecule has 1 rings (SSSR count). The topological polar surface area (TPSA) is 175 Å². The third kappa shape index (κ3) is 47.2. The summed E-state index contributed by atoms with van der Waals surface area (Å²) in [6.45, 7) is 6.00. The third-order valence-corrected chi connectivity index (χ3v) is 16.0. The number of aliphatic hydroxyl groups is 2. The fraction of sp³-hybridized carbons (Fsp3) is 0.884. The van der Waals surface area contributed by atoms with Gasteiger partial charge in [0.25, 0.3) is 0 Å². The Morgan fingerprint density at radius 2 is 0.765 bits per heavy atom. The molecule has 6 unspecified atom stereocenters. The number of unbranched alkanes of at least 4 members (excludes halogenated alkanes) is 42. The Labute approximate surface area is 496 Å². The van der Waals surface area contributed by atoms with E-state index in [1.807, 2.05) is 0 Å². The second-order valence-electron chi connectivity index (χ2n) is 23.8. The van der Waals surface area contributed by atoms with Crippen molar-refractivity contribution in [2.24, 2.45) is 0 Å². The second-order valence-corrected chi connectivity index (χ2v) is 23.8. The number of ether oxygens (including phenoxy) is 5. The summed E-state index contributed by atoms with van der Waals surface area (Å²) in [4.78, 5) is 51.4. The molecular formula is C69H126O12. The van der Waals surface area contributed by atoms with Gasteiger partial charge >= 0.3 is 23.9 Å². The van der Waals surface area contributed by atoms with E-state index in [2.05, 4.69) is 45.1 Å². The number of carboxylic acid groups (broad SMARTS) is 1. The number of aliphatic carboxylic acids is 1. The summed E-state index contributed by atoms with van der Waals surface area (Å²) < 4.78 is 28.6. The number of carboxylic acids is 1. The first-order chi connectivity index (χ1) is 39.6. The Balaban J connectivity index is 2.61. The quantitative estimate of drug-likeness (QED) is 0.0228. The Hall–Kier alpha value is -2.80. The van der Waals surface area contributed by atoms with Gasteiger partial charge in [-0.25, -0.2) is 4.79 Å². The molecular weight excluding hydrogens is 1020 g/mol. The molecule has 1 fully saturated rings. The van der Waals surface area contributed by atoms with E-state index in [0.717, 1.165) is 89.9 Å². The molecule has 1 heterocycles. The van der Waals surface area contributed by atoms with Gasteiger partial charge in [-0.3, -0.25) is 14.4 Å². The van der Waals surface area contributed by atoms with E-state index >= 15 is 0 Å². The van der Waals surface area contributed by atoms with E-state index in [-0.39, 0.29) is 25.9 Å². The molecule has 0 spiro atoms. The van der Waals surface area contributed by atoms with Crippen molar-refractivity contribution in [2.45, 2.75) is 379 Å². The zero-order chi connectivity index (χ0) is 58.9. The maximum absolute atomic E-state index is 13.2. The summed E-state index contributed by atoms with van der Waals surface area (Å²) in [7, 11) is 0. The van der Waals surface area contributed by atoms with E-state index in [9.17, 15) is 34.5 Å². The first-order valence-electron chi connectivity index (χ1n) is 34.3. The highest BCUT2D eigenvalue weighted by atomic mass is 16.7. The molecule has 0 aliphatic carbocycles. The molecule has 0 aromatic rings. The van der Waals surface area contributed by atoms with Crippen LogP contribution in [0.4, 0.5) is 0 Å². The maximum atomic E-state index is 13.2. The van der Waals surface area contributed by atoms with Crippen LogP contribution in [-0.4, -0.2) is 89.2 Å². The summed E-state index contributed by atoms with van der Waals surface area (Å²) >= 11 is 0. The lowest BCUT2D eigenvalue weighted by Gasteiger charge is -2.40. The highest BCUT2D eigenvalue weighted by molar-refractivity contribution is 5.74. The van der Waals surface area contributed by atoms with Gasteiger partial charge in [0.15, 0.2) is 24.6 Å². The summed E-state index contributed by atoms with van der Waals surface area (Å²) in [6.07, 6.45) is 55.7. The molecule has 81 heavy (non-hydrogen) atoms. The van der Waals surface area contributed by atoms with Crippen LogP contribution in [0.2, 0.25) is 0 Å². The minimum absolute atomic E-state index is 0.0492. The molecule has 0 bridgehead atoms. The Morgan fingerprint density at radius 3 is 1.16 bits per heavy atom.